The van der Waals surface area contributed by atoms with E-state index >= 15 is 0 Å². The molecule has 0 heterocycles. The van der Waals surface area contributed by atoms with Crippen molar-refractivity contribution in [2.45, 2.75) is 25.8 Å². The lowest BCUT2D eigenvalue weighted by molar-refractivity contribution is -0.139. The first-order valence-corrected chi connectivity index (χ1v) is 5.32. The molecule has 0 saturated carbocycles. The third-order valence-corrected chi connectivity index (χ3v) is 2.18. The Kier molecular flexibility index (Phi) is 7.46. The minimum Gasteiger partial charge on any atom is -0.480 e. The maximum Gasteiger partial charge on any atom is 0.326 e. The highest BCUT2D eigenvalue weighted by molar-refractivity contribution is 5.82. The first-order valence-electron chi connectivity index (χ1n) is 5.32. The van der Waals surface area contributed by atoms with Crippen molar-refractivity contribution in [1.29, 1.82) is 5.26 Å². The van der Waals surface area contributed by atoms with Gasteiger partial charge < -0.3 is 20.4 Å². The topological polar surface area (TPSA) is 114 Å². The smallest absolute Gasteiger partial charge is 0.326 e. The van der Waals surface area contributed by atoms with E-state index in [-0.39, 0.29) is 26.0 Å². The van der Waals surface area contributed by atoms with Crippen molar-refractivity contribution >= 4 is 12.0 Å². The maximum atomic E-state index is 11.6. The predicted molar refractivity (Wildman–Crippen MR) is 59.1 cm³/mol. The summed E-state index contributed by atoms with van der Waals surface area (Å²) in [5.41, 5.74) is 0. The Bertz CT molecular complexity index is 300. The SMILES string of the molecule is CCN(CCC#N)C(=O)NC(CCO)C(=O)O. The largest absolute Gasteiger partial charge is 0.480 e. The van der Waals surface area contributed by atoms with Crippen LogP contribution in [0.3, 0.4) is 0 Å². The number of hydrogen-bond donors (Lipinski definition) is 3. The summed E-state index contributed by atoms with van der Waals surface area (Å²) >= 11 is 0. The molecule has 17 heavy (non-hydrogen) atoms. The Morgan fingerprint density at radius 1 is 1.53 bits per heavy atom. The van der Waals surface area contributed by atoms with E-state index in [9.17, 15) is 9.59 Å². The highest BCUT2D eigenvalue weighted by Crippen LogP contribution is 1.97. The van der Waals surface area contributed by atoms with E-state index < -0.39 is 18.0 Å². The molecule has 0 aliphatic rings. The van der Waals surface area contributed by atoms with Crippen molar-refractivity contribution < 1.29 is 19.8 Å². The van der Waals surface area contributed by atoms with Crippen LogP contribution in [0, 0.1) is 11.3 Å². The molecular formula is C10H17N3O4. The van der Waals surface area contributed by atoms with Crippen LogP contribution < -0.4 is 5.32 Å². The normalized spacial score (nSPS) is 11.4. The monoisotopic (exact) mass is 243 g/mol. The Hall–Kier alpha value is -1.81. The zero-order valence-corrected chi connectivity index (χ0v) is 9.72. The van der Waals surface area contributed by atoms with Crippen molar-refractivity contribution in [3.8, 4) is 6.07 Å². The Labute approximate surface area is 99.6 Å². The Morgan fingerprint density at radius 3 is 2.59 bits per heavy atom. The van der Waals surface area contributed by atoms with E-state index in [0.717, 1.165) is 0 Å². The van der Waals surface area contributed by atoms with Gasteiger partial charge in [0, 0.05) is 26.1 Å². The average molecular weight is 243 g/mol. The number of nitrogens with one attached hydrogen (secondary N) is 1. The zero-order valence-electron chi connectivity index (χ0n) is 9.72. The van der Waals surface area contributed by atoms with Gasteiger partial charge in [0.15, 0.2) is 0 Å². The van der Waals surface area contributed by atoms with Crippen LogP contribution in [0.1, 0.15) is 19.8 Å². The van der Waals surface area contributed by atoms with Crippen LogP contribution in [0.25, 0.3) is 0 Å². The fraction of sp³-hybridized carbons (Fsp3) is 0.700. The molecule has 0 aliphatic carbocycles. The van der Waals surface area contributed by atoms with E-state index in [0.29, 0.717) is 6.54 Å². The summed E-state index contributed by atoms with van der Waals surface area (Å²) in [5.74, 6) is -1.19. The molecule has 1 atom stereocenters. The molecule has 7 heteroatoms. The third-order valence-electron chi connectivity index (χ3n) is 2.18. The number of rotatable bonds is 7. The van der Waals surface area contributed by atoms with Gasteiger partial charge in [0.05, 0.1) is 12.5 Å². The lowest BCUT2D eigenvalue weighted by Gasteiger charge is -2.22. The molecule has 0 aromatic rings. The maximum absolute atomic E-state index is 11.6. The van der Waals surface area contributed by atoms with Gasteiger partial charge in [-0.1, -0.05) is 0 Å². The number of urea groups is 1. The lowest BCUT2D eigenvalue weighted by atomic mass is 10.2. The number of carbonyl (C=O) groups is 2. The molecule has 0 rings (SSSR count). The lowest BCUT2D eigenvalue weighted by Crippen LogP contribution is -2.48. The first kappa shape index (κ1) is 15.2. The molecule has 1 unspecified atom stereocenters. The van der Waals surface area contributed by atoms with E-state index in [1.54, 1.807) is 6.92 Å². The second kappa shape index (κ2) is 8.35. The van der Waals surface area contributed by atoms with Crippen molar-refractivity contribution in [2.24, 2.45) is 0 Å². The number of aliphatic carboxylic acids is 1. The molecule has 0 fully saturated rings. The highest BCUT2D eigenvalue weighted by Gasteiger charge is 2.21. The quantitative estimate of drug-likeness (QED) is 0.571. The van der Waals surface area contributed by atoms with Crippen LogP contribution in [0.15, 0.2) is 0 Å². The van der Waals surface area contributed by atoms with Crippen LogP contribution in [0.2, 0.25) is 0 Å². The van der Waals surface area contributed by atoms with Gasteiger partial charge >= 0.3 is 12.0 Å². The van der Waals surface area contributed by atoms with E-state index in [4.69, 9.17) is 15.5 Å². The van der Waals surface area contributed by atoms with Crippen molar-refractivity contribution in [3.63, 3.8) is 0 Å². The molecule has 0 aromatic heterocycles. The molecule has 0 spiro atoms. The number of nitriles is 1. The molecule has 0 saturated heterocycles. The summed E-state index contributed by atoms with van der Waals surface area (Å²) in [5, 5.41) is 28.2. The fourth-order valence-corrected chi connectivity index (χ4v) is 1.22. The van der Waals surface area contributed by atoms with Crippen LogP contribution >= 0.6 is 0 Å². The van der Waals surface area contributed by atoms with Crippen molar-refractivity contribution in [3.05, 3.63) is 0 Å². The molecule has 7 nitrogen and oxygen atoms in total. The van der Waals surface area contributed by atoms with Gasteiger partial charge in [-0.15, -0.1) is 0 Å². The van der Waals surface area contributed by atoms with Crippen molar-refractivity contribution in [2.75, 3.05) is 19.7 Å². The summed E-state index contributed by atoms with van der Waals surface area (Å²) in [6, 6.07) is 0.265. The molecule has 2 amide bonds. The van der Waals surface area contributed by atoms with Gasteiger partial charge in [0.25, 0.3) is 0 Å². The van der Waals surface area contributed by atoms with Crippen LogP contribution in [-0.4, -0.2) is 52.9 Å². The average Bonchev–Trinajstić information content (AvgIpc) is 2.29. The number of carboxylic acid groups (broad SMARTS) is 1. The minimum absolute atomic E-state index is 0.0448. The summed E-state index contributed by atoms with van der Waals surface area (Å²) < 4.78 is 0. The minimum atomic E-state index is -1.19. The van der Waals surface area contributed by atoms with Gasteiger partial charge in [-0.05, 0) is 6.92 Å². The van der Waals surface area contributed by atoms with E-state index in [1.165, 1.54) is 4.90 Å². The summed E-state index contributed by atoms with van der Waals surface area (Å²) in [6.45, 7) is 2.06. The summed E-state index contributed by atoms with van der Waals surface area (Å²) in [6.07, 6.45) is 0.149. The number of aliphatic hydroxyl groups is 1. The fourth-order valence-electron chi connectivity index (χ4n) is 1.22. The number of carbonyl (C=O) groups excluding carboxylic acids is 1. The van der Waals surface area contributed by atoms with Gasteiger partial charge in [0.1, 0.15) is 6.04 Å². The van der Waals surface area contributed by atoms with Crippen LogP contribution in [0.4, 0.5) is 4.79 Å². The number of amides is 2. The van der Waals surface area contributed by atoms with Crippen molar-refractivity contribution in [1.82, 2.24) is 10.2 Å². The Morgan fingerprint density at radius 2 is 2.18 bits per heavy atom. The predicted octanol–water partition coefficient (Wildman–Crippen LogP) is -0.233. The second-order valence-electron chi connectivity index (χ2n) is 3.34. The summed E-state index contributed by atoms with van der Waals surface area (Å²) in [4.78, 5) is 23.7. The van der Waals surface area contributed by atoms with E-state index in [1.807, 2.05) is 6.07 Å². The zero-order chi connectivity index (χ0) is 13.3. The molecule has 96 valence electrons. The van der Waals surface area contributed by atoms with E-state index in [2.05, 4.69) is 5.32 Å². The standard InChI is InChI=1S/C10H17N3O4/c1-2-13(6-3-5-11)10(17)12-8(4-7-14)9(15)16/h8,14H,2-4,6-7H2,1H3,(H,12,17)(H,15,16). The van der Waals surface area contributed by atoms with Crippen LogP contribution in [0.5, 0.6) is 0 Å². The van der Waals surface area contributed by atoms with Gasteiger partial charge in [-0.3, -0.25) is 0 Å². The molecular weight excluding hydrogens is 226 g/mol. The molecule has 0 radical (unpaired) electrons. The van der Waals surface area contributed by atoms with Crippen LogP contribution in [-0.2, 0) is 4.79 Å². The molecule has 0 bridgehead atoms. The van der Waals surface area contributed by atoms with Gasteiger partial charge in [-0.2, -0.15) is 5.26 Å². The molecule has 0 aromatic carbocycles. The number of aliphatic hydroxyl groups excluding tert-OH is 1. The number of hydrogen-bond acceptors (Lipinski definition) is 4. The number of nitrogens with zero attached hydrogens (tertiary/aromatic N) is 2. The van der Waals surface area contributed by atoms with Gasteiger partial charge in [-0.25, -0.2) is 9.59 Å². The summed E-state index contributed by atoms with van der Waals surface area (Å²) in [7, 11) is 0. The third kappa shape index (κ3) is 5.73. The van der Waals surface area contributed by atoms with Gasteiger partial charge in [0.2, 0.25) is 0 Å². The molecule has 0 aliphatic heterocycles. The number of carboxylic acids is 1. The molecule has 3 N–H and O–H groups in total. The Balaban J connectivity index is 4.36. The first-order chi connectivity index (χ1) is 8.06. The second-order valence-corrected chi connectivity index (χ2v) is 3.34. The highest BCUT2D eigenvalue weighted by atomic mass is 16.4.